The van der Waals surface area contributed by atoms with Crippen molar-refractivity contribution in [1.82, 2.24) is 0 Å². The molecule has 0 fully saturated rings. The van der Waals surface area contributed by atoms with E-state index in [0.717, 1.165) is 0 Å². The van der Waals surface area contributed by atoms with Crippen molar-refractivity contribution < 1.29 is 28.9 Å². The van der Waals surface area contributed by atoms with Gasteiger partial charge in [-0.1, -0.05) is 18.2 Å². The van der Waals surface area contributed by atoms with Gasteiger partial charge in [-0.2, -0.15) is 0 Å². The fourth-order valence-electron chi connectivity index (χ4n) is 2.29. The van der Waals surface area contributed by atoms with Crippen molar-refractivity contribution in [2.75, 3.05) is 14.2 Å². The quantitative estimate of drug-likeness (QED) is 0.800. The molecule has 1 unspecified atom stereocenters. The number of phenols is 1. The minimum Gasteiger partial charge on any atom is -0.508 e. The molecular formula is C18H17O6. The molecular weight excluding hydrogens is 312 g/mol. The molecule has 0 aliphatic rings. The second-order valence-corrected chi connectivity index (χ2v) is 5.01. The Morgan fingerprint density at radius 2 is 1.75 bits per heavy atom. The number of hydrogen-bond acceptors (Lipinski definition) is 6. The van der Waals surface area contributed by atoms with Crippen LogP contribution in [0.15, 0.2) is 42.5 Å². The average Bonchev–Trinajstić information content (AvgIpc) is 2.61. The number of carbonyl (C=O) groups is 1. The molecule has 2 aromatic rings. The smallest absolute Gasteiger partial charge is 0.418 e. The van der Waals surface area contributed by atoms with Gasteiger partial charge in [0.2, 0.25) is 0 Å². The van der Waals surface area contributed by atoms with Crippen molar-refractivity contribution in [3.8, 4) is 17.2 Å². The number of carbonyl (C=O) groups excluding carboxylic acids is 2. The van der Waals surface area contributed by atoms with E-state index in [2.05, 4.69) is 0 Å². The van der Waals surface area contributed by atoms with Gasteiger partial charge in [0, 0.05) is 12.0 Å². The number of aromatic hydroxyl groups is 1. The molecule has 0 aliphatic heterocycles. The maximum Gasteiger partial charge on any atom is 0.418 e. The number of benzene rings is 2. The van der Waals surface area contributed by atoms with Gasteiger partial charge in [-0.25, -0.2) is 4.79 Å². The third-order valence-electron chi connectivity index (χ3n) is 3.48. The molecule has 0 heterocycles. The third-order valence-corrected chi connectivity index (χ3v) is 3.48. The molecule has 24 heavy (non-hydrogen) atoms. The van der Waals surface area contributed by atoms with Crippen molar-refractivity contribution in [3.63, 3.8) is 0 Å². The first-order chi connectivity index (χ1) is 11.6. The summed E-state index contributed by atoms with van der Waals surface area (Å²) >= 11 is 0. The summed E-state index contributed by atoms with van der Waals surface area (Å²) < 4.78 is 15.2. The lowest BCUT2D eigenvalue weighted by Gasteiger charge is -2.16. The molecule has 6 nitrogen and oxygen atoms in total. The van der Waals surface area contributed by atoms with E-state index in [1.165, 1.54) is 32.8 Å². The summed E-state index contributed by atoms with van der Waals surface area (Å²) in [4.78, 5) is 23.2. The van der Waals surface area contributed by atoms with Crippen molar-refractivity contribution in [1.29, 1.82) is 0 Å². The summed E-state index contributed by atoms with van der Waals surface area (Å²) in [5.74, 6) is 0.712. The van der Waals surface area contributed by atoms with Crippen molar-refractivity contribution in [2.24, 2.45) is 0 Å². The number of ketones is 1. The van der Waals surface area contributed by atoms with Crippen LogP contribution in [0.25, 0.3) is 0 Å². The minimum atomic E-state index is -1.10. The molecule has 0 amide bonds. The molecule has 1 atom stereocenters. The molecule has 0 saturated heterocycles. The second kappa shape index (κ2) is 8.01. The molecule has 125 valence electrons. The fourth-order valence-corrected chi connectivity index (χ4v) is 2.29. The first-order valence-corrected chi connectivity index (χ1v) is 7.14. The summed E-state index contributed by atoms with van der Waals surface area (Å²) in [5, 5.41) is 9.28. The summed E-state index contributed by atoms with van der Waals surface area (Å²) in [5.41, 5.74) is 1.15. The normalized spacial score (nSPS) is 11.4. The van der Waals surface area contributed by atoms with E-state index < -0.39 is 6.10 Å². The van der Waals surface area contributed by atoms with E-state index in [0.29, 0.717) is 22.6 Å². The topological polar surface area (TPSA) is 82.1 Å². The van der Waals surface area contributed by atoms with Gasteiger partial charge in [-0.3, -0.25) is 4.79 Å². The Labute approximate surface area is 139 Å². The van der Waals surface area contributed by atoms with Gasteiger partial charge < -0.3 is 19.3 Å². The second-order valence-electron chi connectivity index (χ2n) is 5.01. The number of ether oxygens (including phenoxy) is 3. The van der Waals surface area contributed by atoms with E-state index in [-0.39, 0.29) is 18.0 Å². The summed E-state index contributed by atoms with van der Waals surface area (Å²) in [6.07, 6.45) is -1.06. The first kappa shape index (κ1) is 17.3. The van der Waals surface area contributed by atoms with Crippen LogP contribution in [0.2, 0.25) is 0 Å². The third kappa shape index (κ3) is 4.04. The van der Waals surface area contributed by atoms with E-state index in [4.69, 9.17) is 14.2 Å². The van der Waals surface area contributed by atoms with Gasteiger partial charge >= 0.3 is 6.47 Å². The monoisotopic (exact) mass is 329 g/mol. The van der Waals surface area contributed by atoms with Crippen LogP contribution in [-0.4, -0.2) is 31.6 Å². The number of methoxy groups -OCH3 is 2. The van der Waals surface area contributed by atoms with Crippen LogP contribution in [0.5, 0.6) is 17.2 Å². The Morgan fingerprint density at radius 3 is 2.33 bits per heavy atom. The number of phenolic OH excluding ortho intramolecular Hbond substituents is 1. The molecule has 0 bridgehead atoms. The lowest BCUT2D eigenvalue weighted by Crippen LogP contribution is -2.18. The predicted molar refractivity (Wildman–Crippen MR) is 85.9 cm³/mol. The molecule has 2 rings (SSSR count). The molecule has 0 saturated carbocycles. The molecule has 2 aromatic carbocycles. The van der Waals surface area contributed by atoms with E-state index in [9.17, 15) is 14.7 Å². The molecule has 1 radical (unpaired) electrons. The van der Waals surface area contributed by atoms with Gasteiger partial charge in [0.1, 0.15) is 5.75 Å². The van der Waals surface area contributed by atoms with Crippen LogP contribution in [-0.2, 0) is 20.7 Å². The SMILES string of the molecule is COc1ccc(C(O[C]=O)C(=O)Cc2ccc(O)cc2)cc1OC. The standard InChI is InChI=1S/C18H17O6/c1-22-16-8-5-13(10-17(16)23-2)18(24-11-19)15(21)9-12-3-6-14(20)7-4-12/h3-8,10,18,20H,9H2,1-2H3. The summed E-state index contributed by atoms with van der Waals surface area (Å²) in [7, 11) is 2.97. The molecule has 0 spiro atoms. The Morgan fingerprint density at radius 1 is 1.08 bits per heavy atom. The van der Waals surface area contributed by atoms with Crippen LogP contribution in [0.1, 0.15) is 17.2 Å². The first-order valence-electron chi connectivity index (χ1n) is 7.14. The molecule has 0 aromatic heterocycles. The number of hydrogen-bond donors (Lipinski definition) is 1. The van der Waals surface area contributed by atoms with E-state index in [1.54, 1.807) is 30.3 Å². The molecule has 0 aliphatic carbocycles. The van der Waals surface area contributed by atoms with E-state index in [1.807, 2.05) is 0 Å². The number of Topliss-reactive ketones (excluding diaryl/α,β-unsaturated/α-hetero) is 1. The highest BCUT2D eigenvalue weighted by Crippen LogP contribution is 2.31. The minimum absolute atomic E-state index is 0.0426. The van der Waals surface area contributed by atoms with Crippen LogP contribution in [0, 0.1) is 0 Å². The van der Waals surface area contributed by atoms with Crippen LogP contribution >= 0.6 is 0 Å². The van der Waals surface area contributed by atoms with Crippen LogP contribution in [0.3, 0.4) is 0 Å². The van der Waals surface area contributed by atoms with E-state index >= 15 is 0 Å². The lowest BCUT2D eigenvalue weighted by molar-refractivity contribution is -0.126. The molecule has 1 N–H and O–H groups in total. The highest BCUT2D eigenvalue weighted by atomic mass is 16.5. The predicted octanol–water partition coefficient (Wildman–Crippen LogP) is 2.35. The summed E-state index contributed by atoms with van der Waals surface area (Å²) in [6, 6.07) is 11.1. The Bertz CT molecular complexity index is 708. The largest absolute Gasteiger partial charge is 0.508 e. The average molecular weight is 329 g/mol. The van der Waals surface area contributed by atoms with Gasteiger partial charge in [0.05, 0.1) is 14.2 Å². The Kier molecular flexibility index (Phi) is 5.78. The zero-order valence-corrected chi connectivity index (χ0v) is 13.3. The van der Waals surface area contributed by atoms with Crippen LogP contribution in [0.4, 0.5) is 0 Å². The lowest BCUT2D eigenvalue weighted by atomic mass is 9.99. The highest BCUT2D eigenvalue weighted by Gasteiger charge is 2.24. The zero-order valence-electron chi connectivity index (χ0n) is 13.3. The van der Waals surface area contributed by atoms with Gasteiger partial charge in [-0.15, -0.1) is 0 Å². The van der Waals surface area contributed by atoms with Gasteiger partial charge in [-0.05, 0) is 29.8 Å². The van der Waals surface area contributed by atoms with Crippen molar-refractivity contribution >= 4 is 12.3 Å². The highest BCUT2D eigenvalue weighted by molar-refractivity contribution is 5.87. The Hall–Kier alpha value is -3.02. The van der Waals surface area contributed by atoms with Gasteiger partial charge in [0.15, 0.2) is 23.4 Å². The fraction of sp³-hybridized carbons (Fsp3) is 0.222. The zero-order chi connectivity index (χ0) is 17.5. The maximum atomic E-state index is 12.5. The summed E-state index contributed by atoms with van der Waals surface area (Å²) in [6.45, 7) is 1.33. The number of rotatable bonds is 8. The maximum absolute atomic E-state index is 12.5. The van der Waals surface area contributed by atoms with Crippen LogP contribution < -0.4 is 9.47 Å². The molecule has 6 heteroatoms. The van der Waals surface area contributed by atoms with Crippen molar-refractivity contribution in [2.45, 2.75) is 12.5 Å². The Balaban J connectivity index is 2.26. The van der Waals surface area contributed by atoms with Crippen molar-refractivity contribution in [3.05, 3.63) is 53.6 Å². The van der Waals surface area contributed by atoms with Gasteiger partial charge in [0.25, 0.3) is 0 Å².